The molecule has 0 fully saturated rings. The molecule has 0 bridgehead atoms. The van der Waals surface area contributed by atoms with Crippen molar-refractivity contribution in [2.24, 2.45) is 0 Å². The molecule has 0 saturated heterocycles. The Kier molecular flexibility index (Phi) is 25.2. The van der Waals surface area contributed by atoms with E-state index in [0.29, 0.717) is 0 Å². The van der Waals surface area contributed by atoms with Gasteiger partial charge in [0.15, 0.2) is 0 Å². The molecule has 0 spiro atoms. The molecule has 0 atom stereocenters. The summed E-state index contributed by atoms with van der Waals surface area (Å²) in [6.45, 7) is 1.85. The Morgan fingerprint density at radius 3 is 1.75 bits per heavy atom. The van der Waals surface area contributed by atoms with Gasteiger partial charge in [0, 0.05) is 6.61 Å². The van der Waals surface area contributed by atoms with Crippen molar-refractivity contribution in [2.45, 2.75) is 6.92 Å². The Morgan fingerprint density at radius 2 is 1.75 bits per heavy atom. The van der Waals surface area contributed by atoms with Crippen molar-refractivity contribution < 1.29 is 73.4 Å². The second-order valence-corrected chi connectivity index (χ2v) is 1.35. The molecule has 0 aromatic heterocycles. The maximum absolute atomic E-state index is 9.41. The predicted octanol–water partition coefficient (Wildman–Crippen LogP) is -7.02. The Hall–Kier alpha value is 2.31. The maximum atomic E-state index is 9.41. The van der Waals surface area contributed by atoms with Gasteiger partial charge in [-0.05, 0) is 6.92 Å². The summed E-state index contributed by atoms with van der Waals surface area (Å²) < 4.78 is 4.00. The van der Waals surface area contributed by atoms with E-state index in [9.17, 15) is 9.79 Å². The van der Waals surface area contributed by atoms with E-state index in [1.807, 2.05) is 0 Å². The van der Waals surface area contributed by atoms with Crippen molar-refractivity contribution in [3.63, 3.8) is 0 Å². The first-order chi connectivity index (χ1) is 2.77. The Bertz CT molecular complexity index is 36.5. The third-order valence-corrected chi connectivity index (χ3v) is 0.704. The van der Waals surface area contributed by atoms with Crippen LogP contribution < -0.4 is 68.9 Å². The van der Waals surface area contributed by atoms with Gasteiger partial charge in [-0.25, -0.2) is 0 Å². The molecule has 0 radical (unpaired) electrons. The summed E-state index contributed by atoms with van der Waals surface area (Å²) in [7, 11) is -2.60. The first-order valence-corrected chi connectivity index (χ1v) is 2.64. The van der Waals surface area contributed by atoms with E-state index in [1.165, 1.54) is 0 Å². The van der Waals surface area contributed by atoms with Crippen molar-refractivity contribution in [3.05, 3.63) is 0 Å². The van der Waals surface area contributed by atoms with Gasteiger partial charge in [-0.3, -0.25) is 0 Å². The second-order valence-electron chi connectivity index (χ2n) is 0.641. The fourth-order valence-electron chi connectivity index (χ4n) is 0.105. The number of hydrogen-bond donors (Lipinski definition) is 0. The number of hydrogen-bond acceptors (Lipinski definition) is 3. The zero-order valence-corrected chi connectivity index (χ0v) is 10.3. The molecule has 6 heteroatoms. The molecule has 0 rings (SSSR count). The van der Waals surface area contributed by atoms with Gasteiger partial charge in [-0.15, -0.1) is 0 Å². The van der Waals surface area contributed by atoms with Crippen LogP contribution in [0.1, 0.15) is 6.92 Å². The molecule has 0 aliphatic rings. The van der Waals surface area contributed by atoms with E-state index in [1.54, 1.807) is 6.92 Å². The Labute approximate surface area is 94.4 Å². The van der Waals surface area contributed by atoms with E-state index in [-0.39, 0.29) is 65.7 Å². The topological polar surface area (TPSA) is 55.3 Å². The fourth-order valence-corrected chi connectivity index (χ4v) is 0.316. The van der Waals surface area contributed by atoms with Crippen molar-refractivity contribution in [3.8, 4) is 0 Å². The minimum atomic E-state index is -2.60. The van der Waals surface area contributed by atoms with Crippen molar-refractivity contribution >= 4 is 8.60 Å². The van der Waals surface area contributed by atoms with Crippen molar-refractivity contribution in [1.82, 2.24) is 0 Å². The van der Waals surface area contributed by atoms with Crippen LogP contribution in [-0.2, 0) is 4.52 Å². The standard InChI is InChI=1S/C2H5O3P.2Na/c1-2-5-6(3)4;;/h2H2,1H3;;/q-2;2*+1. The van der Waals surface area contributed by atoms with E-state index in [0.717, 1.165) is 0 Å². The van der Waals surface area contributed by atoms with Gasteiger partial charge in [0.25, 0.3) is 0 Å². The van der Waals surface area contributed by atoms with Gasteiger partial charge >= 0.3 is 59.1 Å². The molecule has 0 aliphatic carbocycles. The van der Waals surface area contributed by atoms with Gasteiger partial charge in [-0.1, -0.05) is 0 Å². The van der Waals surface area contributed by atoms with Crippen LogP contribution >= 0.6 is 8.60 Å². The van der Waals surface area contributed by atoms with Crippen LogP contribution in [0.3, 0.4) is 0 Å². The molecule has 3 nitrogen and oxygen atoms in total. The molecule has 0 amide bonds. The quantitative estimate of drug-likeness (QED) is 0.293. The summed E-state index contributed by atoms with van der Waals surface area (Å²) in [6.07, 6.45) is 0. The zero-order chi connectivity index (χ0) is 4.99. The van der Waals surface area contributed by atoms with E-state index in [4.69, 9.17) is 0 Å². The summed E-state index contributed by atoms with van der Waals surface area (Å²) in [6, 6.07) is 0. The smallest absolute Gasteiger partial charge is 0.820 e. The minimum absolute atomic E-state index is 0. The van der Waals surface area contributed by atoms with Gasteiger partial charge in [-0.2, -0.15) is 8.60 Å². The molecular weight excluding hydrogens is 149 g/mol. The molecule has 0 aromatic carbocycles. The van der Waals surface area contributed by atoms with E-state index < -0.39 is 8.60 Å². The van der Waals surface area contributed by atoms with Crippen LogP contribution in [0.2, 0.25) is 0 Å². The van der Waals surface area contributed by atoms with Crippen LogP contribution in [0.15, 0.2) is 0 Å². The summed E-state index contributed by atoms with van der Waals surface area (Å²) in [5.41, 5.74) is 0. The first-order valence-electron chi connectivity index (χ1n) is 1.54. The first kappa shape index (κ1) is 16.7. The summed E-state index contributed by atoms with van der Waals surface area (Å²) >= 11 is 0. The number of rotatable bonds is 2. The predicted molar refractivity (Wildman–Crippen MR) is 18.5 cm³/mol. The zero-order valence-electron chi connectivity index (χ0n) is 5.38. The van der Waals surface area contributed by atoms with Crippen LogP contribution in [0.25, 0.3) is 0 Å². The molecule has 0 aromatic rings. The third kappa shape index (κ3) is 15.7. The minimum Gasteiger partial charge on any atom is -0.820 e. The van der Waals surface area contributed by atoms with Crippen molar-refractivity contribution in [1.29, 1.82) is 0 Å². The van der Waals surface area contributed by atoms with E-state index >= 15 is 0 Å². The third-order valence-electron chi connectivity index (χ3n) is 0.235. The maximum Gasteiger partial charge on any atom is 1.00 e. The molecule has 0 N–H and O–H groups in total. The largest absolute Gasteiger partial charge is 1.00 e. The van der Waals surface area contributed by atoms with Crippen molar-refractivity contribution in [2.75, 3.05) is 6.61 Å². The van der Waals surface area contributed by atoms with Gasteiger partial charge in [0.2, 0.25) is 0 Å². The normalized spacial score (nSPS) is 7.50. The Balaban J connectivity index is -0.000000125. The molecule has 0 aliphatic heterocycles. The average molecular weight is 154 g/mol. The molecule has 0 saturated carbocycles. The van der Waals surface area contributed by atoms with Gasteiger partial charge < -0.3 is 14.3 Å². The van der Waals surface area contributed by atoms with Gasteiger partial charge in [0.1, 0.15) is 0 Å². The molecule has 0 unspecified atom stereocenters. The second kappa shape index (κ2) is 12.0. The van der Waals surface area contributed by atoms with Crippen LogP contribution in [0, 0.1) is 0 Å². The van der Waals surface area contributed by atoms with Gasteiger partial charge in [0.05, 0.1) is 0 Å². The monoisotopic (exact) mass is 154 g/mol. The van der Waals surface area contributed by atoms with Crippen LogP contribution in [0.5, 0.6) is 0 Å². The molecule has 0 heterocycles. The summed E-state index contributed by atoms with van der Waals surface area (Å²) in [5, 5.41) is 0. The average Bonchev–Trinajstić information content (AvgIpc) is 1.35. The SMILES string of the molecule is CCOP([O-])[O-].[Na+].[Na+]. The van der Waals surface area contributed by atoms with Crippen LogP contribution in [0.4, 0.5) is 0 Å². The fraction of sp³-hybridized carbons (Fsp3) is 1.00. The van der Waals surface area contributed by atoms with Crippen LogP contribution in [-0.4, -0.2) is 6.61 Å². The molecular formula is C2H5Na2O3P. The molecule has 8 heavy (non-hydrogen) atoms. The van der Waals surface area contributed by atoms with E-state index in [2.05, 4.69) is 4.52 Å². The summed E-state index contributed by atoms with van der Waals surface area (Å²) in [5.74, 6) is 0. The molecule has 38 valence electrons. The summed E-state index contributed by atoms with van der Waals surface area (Å²) in [4.78, 5) is 18.8. The Morgan fingerprint density at radius 1 is 1.38 bits per heavy atom.